The summed E-state index contributed by atoms with van der Waals surface area (Å²) in [6, 6.07) is 13.4. The highest BCUT2D eigenvalue weighted by molar-refractivity contribution is 6.02. The Bertz CT molecular complexity index is 1860. The van der Waals surface area contributed by atoms with Crippen LogP contribution < -0.4 is 20.3 Å². The van der Waals surface area contributed by atoms with Crippen LogP contribution in [-0.4, -0.2) is 82.8 Å². The second-order valence-corrected chi connectivity index (χ2v) is 11.5. The lowest BCUT2D eigenvalue weighted by atomic mass is 10.1. The second-order valence-electron chi connectivity index (χ2n) is 11.5. The standard InChI is InChI=1S/C35H40N8O4/c1-4-32(45)37-26-21-27(30(46-3)22-28(26)42(2)16-17-43-14-5-6-15-43)39-35-36-13-11-25(38-35)34-33(40-31(41-34)8-7-18-44)24-10-9-23-12-19-47-29(23)20-24/h4,9-13,19-22,44H,1,5-8,14-18H2,2-3H3,(H,37,45)(H,40,41)(H,36,38,39). The third kappa shape index (κ3) is 7.29. The fourth-order valence-electron chi connectivity index (χ4n) is 5.82. The minimum absolute atomic E-state index is 0.0649. The van der Waals surface area contributed by atoms with E-state index in [9.17, 15) is 9.90 Å². The molecule has 3 aromatic heterocycles. The highest BCUT2D eigenvalue weighted by atomic mass is 16.5. The van der Waals surface area contributed by atoms with E-state index in [-0.39, 0.29) is 12.5 Å². The number of aryl methyl sites for hydroxylation is 1. The van der Waals surface area contributed by atoms with E-state index in [1.54, 1.807) is 19.6 Å². The zero-order valence-corrected chi connectivity index (χ0v) is 26.8. The second kappa shape index (κ2) is 14.5. The molecule has 0 atom stereocenters. The maximum absolute atomic E-state index is 12.5. The predicted octanol–water partition coefficient (Wildman–Crippen LogP) is 5.61. The number of likely N-dealkylation sites (N-methyl/N-ethyl adjacent to an activating group) is 1. The Labute approximate surface area is 273 Å². The van der Waals surface area contributed by atoms with Crippen molar-refractivity contribution in [3.63, 3.8) is 0 Å². The van der Waals surface area contributed by atoms with Crippen LogP contribution in [0.5, 0.6) is 5.75 Å². The number of imidazole rings is 1. The van der Waals surface area contributed by atoms with Gasteiger partial charge in [0.1, 0.15) is 17.2 Å². The van der Waals surface area contributed by atoms with E-state index in [0.29, 0.717) is 47.3 Å². The van der Waals surface area contributed by atoms with Gasteiger partial charge >= 0.3 is 0 Å². The van der Waals surface area contributed by atoms with Gasteiger partial charge in [-0.15, -0.1) is 0 Å². The smallest absolute Gasteiger partial charge is 0.247 e. The Balaban J connectivity index is 1.32. The number of aromatic nitrogens is 4. The first-order chi connectivity index (χ1) is 22.9. The monoisotopic (exact) mass is 636 g/mol. The molecule has 0 radical (unpaired) electrons. The number of aromatic amines is 1. The average Bonchev–Trinajstić information content (AvgIpc) is 3.87. The zero-order valence-electron chi connectivity index (χ0n) is 26.8. The number of amides is 1. The van der Waals surface area contributed by atoms with Gasteiger partial charge in [-0.2, -0.15) is 0 Å². The number of hydrogen-bond donors (Lipinski definition) is 4. The molecule has 2 aromatic carbocycles. The maximum Gasteiger partial charge on any atom is 0.247 e. The van der Waals surface area contributed by atoms with Crippen LogP contribution in [0.4, 0.5) is 23.0 Å². The third-order valence-electron chi connectivity index (χ3n) is 8.33. The number of anilines is 4. The minimum atomic E-state index is -0.315. The summed E-state index contributed by atoms with van der Waals surface area (Å²) in [6.07, 6.45) is 8.21. The fraction of sp³-hybridized carbons (Fsp3) is 0.314. The van der Waals surface area contributed by atoms with Gasteiger partial charge in [-0.3, -0.25) is 4.79 Å². The molecule has 0 unspecified atom stereocenters. The zero-order chi connectivity index (χ0) is 32.8. The topological polar surface area (TPSA) is 145 Å². The van der Waals surface area contributed by atoms with Crippen molar-refractivity contribution in [2.24, 2.45) is 0 Å². The number of hydrogen-bond acceptors (Lipinski definition) is 10. The molecule has 0 bridgehead atoms. The number of ether oxygens (including phenoxy) is 1. The van der Waals surface area contributed by atoms with Crippen molar-refractivity contribution < 1.29 is 19.1 Å². The van der Waals surface area contributed by atoms with Crippen LogP contribution in [0.15, 0.2) is 72.0 Å². The molecule has 1 aliphatic heterocycles. The third-order valence-corrected chi connectivity index (χ3v) is 8.33. The maximum atomic E-state index is 12.5. The van der Waals surface area contributed by atoms with Crippen LogP contribution >= 0.6 is 0 Å². The number of fused-ring (bicyclic) bond motifs is 1. The average molecular weight is 637 g/mol. The SMILES string of the molecule is C=CC(=O)Nc1cc(Nc2nccc(-c3[nH]c(CCCO)nc3-c3ccc4ccoc4c3)n2)c(OC)cc1N(C)CCN1CCCC1. The lowest BCUT2D eigenvalue weighted by molar-refractivity contribution is -0.111. The van der Waals surface area contributed by atoms with Crippen LogP contribution in [0.3, 0.4) is 0 Å². The Kier molecular flexibility index (Phi) is 9.79. The van der Waals surface area contributed by atoms with Crippen molar-refractivity contribution in [2.75, 3.05) is 62.5 Å². The van der Waals surface area contributed by atoms with Crippen molar-refractivity contribution >= 4 is 39.9 Å². The van der Waals surface area contributed by atoms with E-state index in [4.69, 9.17) is 19.1 Å². The first kappa shape index (κ1) is 31.8. The molecule has 1 aliphatic rings. The summed E-state index contributed by atoms with van der Waals surface area (Å²) in [7, 11) is 3.61. The van der Waals surface area contributed by atoms with E-state index in [0.717, 1.165) is 59.9 Å². The molecule has 47 heavy (non-hydrogen) atoms. The predicted molar refractivity (Wildman–Crippen MR) is 184 cm³/mol. The molecule has 0 spiro atoms. The number of aliphatic hydroxyl groups is 1. The van der Waals surface area contributed by atoms with Crippen molar-refractivity contribution in [3.05, 3.63) is 73.4 Å². The number of rotatable bonds is 14. The summed E-state index contributed by atoms with van der Waals surface area (Å²) in [4.78, 5) is 34.6. The molecule has 6 rings (SSSR count). The van der Waals surface area contributed by atoms with Gasteiger partial charge in [-0.25, -0.2) is 15.0 Å². The van der Waals surface area contributed by atoms with Gasteiger partial charge < -0.3 is 39.7 Å². The van der Waals surface area contributed by atoms with Gasteiger partial charge in [0.25, 0.3) is 0 Å². The molecule has 12 nitrogen and oxygen atoms in total. The van der Waals surface area contributed by atoms with Crippen molar-refractivity contribution in [1.82, 2.24) is 24.8 Å². The molecule has 5 aromatic rings. The largest absolute Gasteiger partial charge is 0.494 e. The summed E-state index contributed by atoms with van der Waals surface area (Å²) >= 11 is 0. The number of H-pyrrole nitrogens is 1. The Morgan fingerprint density at radius 2 is 2.02 bits per heavy atom. The Morgan fingerprint density at radius 3 is 2.81 bits per heavy atom. The van der Waals surface area contributed by atoms with E-state index >= 15 is 0 Å². The number of carbonyl (C=O) groups is 1. The Morgan fingerprint density at radius 1 is 1.17 bits per heavy atom. The number of nitrogens with zero attached hydrogens (tertiary/aromatic N) is 5. The highest BCUT2D eigenvalue weighted by Gasteiger charge is 2.20. The summed E-state index contributed by atoms with van der Waals surface area (Å²) in [5.41, 5.74) is 5.70. The van der Waals surface area contributed by atoms with Gasteiger partial charge in [0.2, 0.25) is 11.9 Å². The normalized spacial score (nSPS) is 13.2. The fourth-order valence-corrected chi connectivity index (χ4v) is 5.82. The van der Waals surface area contributed by atoms with Gasteiger partial charge in [0.15, 0.2) is 0 Å². The molecule has 4 heterocycles. The molecule has 244 valence electrons. The number of carbonyl (C=O) groups excluding carboxylic acids is 1. The molecule has 12 heteroatoms. The van der Waals surface area contributed by atoms with E-state index < -0.39 is 0 Å². The first-order valence-corrected chi connectivity index (χ1v) is 15.8. The summed E-state index contributed by atoms with van der Waals surface area (Å²) in [6.45, 7) is 7.64. The molecule has 1 fully saturated rings. The number of furan rings is 1. The highest BCUT2D eigenvalue weighted by Crippen LogP contribution is 2.38. The van der Waals surface area contributed by atoms with Gasteiger partial charge in [-0.1, -0.05) is 18.7 Å². The van der Waals surface area contributed by atoms with Crippen molar-refractivity contribution in [3.8, 4) is 28.4 Å². The van der Waals surface area contributed by atoms with Gasteiger partial charge in [0, 0.05) is 56.4 Å². The molecule has 0 saturated carbocycles. The lowest BCUT2D eigenvalue weighted by Crippen LogP contribution is -2.32. The van der Waals surface area contributed by atoms with Crippen molar-refractivity contribution in [2.45, 2.75) is 25.7 Å². The van der Waals surface area contributed by atoms with Gasteiger partial charge in [0.05, 0.1) is 47.5 Å². The molecule has 0 aliphatic carbocycles. The van der Waals surface area contributed by atoms with Crippen molar-refractivity contribution in [1.29, 1.82) is 0 Å². The van der Waals surface area contributed by atoms with Gasteiger partial charge in [-0.05, 0) is 62.7 Å². The van der Waals surface area contributed by atoms with Crippen LogP contribution in [0, 0.1) is 0 Å². The van der Waals surface area contributed by atoms with Crippen LogP contribution in [0.25, 0.3) is 33.6 Å². The van der Waals surface area contributed by atoms with Crippen LogP contribution in [-0.2, 0) is 11.2 Å². The summed E-state index contributed by atoms with van der Waals surface area (Å²) in [5, 5.41) is 16.7. The number of methoxy groups -OCH3 is 1. The number of benzene rings is 2. The number of nitrogens with one attached hydrogen (secondary N) is 3. The van der Waals surface area contributed by atoms with E-state index in [1.807, 2.05) is 49.5 Å². The summed E-state index contributed by atoms with van der Waals surface area (Å²) < 4.78 is 11.5. The van der Waals surface area contributed by atoms with E-state index in [2.05, 4.69) is 37.0 Å². The number of aliphatic hydroxyl groups excluding tert-OH is 1. The summed E-state index contributed by atoms with van der Waals surface area (Å²) in [5.74, 6) is 1.32. The molecular weight excluding hydrogens is 596 g/mol. The Hall–Kier alpha value is -5.20. The molecule has 1 saturated heterocycles. The minimum Gasteiger partial charge on any atom is -0.494 e. The van der Waals surface area contributed by atoms with E-state index in [1.165, 1.54) is 18.9 Å². The quantitative estimate of drug-likeness (QED) is 0.114. The number of likely N-dealkylation sites (tertiary alicyclic amines) is 1. The lowest BCUT2D eigenvalue weighted by Gasteiger charge is -2.26. The van der Waals surface area contributed by atoms with Crippen LogP contribution in [0.1, 0.15) is 25.1 Å². The molecular formula is C35H40N8O4. The molecule has 1 amide bonds. The molecule has 4 N–H and O–H groups in total. The first-order valence-electron chi connectivity index (χ1n) is 15.8. The van der Waals surface area contributed by atoms with Crippen LogP contribution in [0.2, 0.25) is 0 Å².